The molecule has 0 radical (unpaired) electrons. The molecule has 1 amide bonds. The van der Waals surface area contributed by atoms with Gasteiger partial charge >= 0.3 is 0 Å². The molecule has 0 spiro atoms. The van der Waals surface area contributed by atoms with Gasteiger partial charge in [-0.3, -0.25) is 9.69 Å². The zero-order chi connectivity index (χ0) is 8.27. The predicted octanol–water partition coefficient (Wildman–Crippen LogP) is -1.23. The van der Waals surface area contributed by atoms with Gasteiger partial charge in [-0.15, -0.1) is 0 Å². The second kappa shape index (κ2) is 3.69. The van der Waals surface area contributed by atoms with E-state index in [1.165, 1.54) is 0 Å². The highest BCUT2D eigenvalue weighted by molar-refractivity contribution is 5.79. The molecule has 0 aromatic carbocycles. The van der Waals surface area contributed by atoms with Gasteiger partial charge in [0.1, 0.15) is 0 Å². The Morgan fingerprint density at radius 2 is 2.09 bits per heavy atom. The van der Waals surface area contributed by atoms with Crippen LogP contribution in [0.2, 0.25) is 0 Å². The summed E-state index contributed by atoms with van der Waals surface area (Å²) < 4.78 is 0. The summed E-state index contributed by atoms with van der Waals surface area (Å²) in [5.74, 6) is -0.230. The van der Waals surface area contributed by atoms with Crippen LogP contribution in [0.5, 0.6) is 0 Å². The molecule has 0 bridgehead atoms. The third-order valence-electron chi connectivity index (χ3n) is 2.11. The number of amides is 1. The van der Waals surface area contributed by atoms with Crippen molar-refractivity contribution in [2.45, 2.75) is 13.0 Å². The van der Waals surface area contributed by atoms with E-state index in [2.05, 4.69) is 10.2 Å². The molecular formula is C7H15N3O. The van der Waals surface area contributed by atoms with Crippen molar-refractivity contribution in [1.29, 1.82) is 0 Å². The van der Waals surface area contributed by atoms with Crippen molar-refractivity contribution in [3.63, 3.8) is 0 Å². The Labute approximate surface area is 66.7 Å². The van der Waals surface area contributed by atoms with Crippen LogP contribution >= 0.6 is 0 Å². The minimum atomic E-state index is -0.230. The quantitative estimate of drug-likeness (QED) is 0.527. The van der Waals surface area contributed by atoms with Crippen LogP contribution in [0.3, 0.4) is 0 Å². The van der Waals surface area contributed by atoms with Crippen LogP contribution in [0.15, 0.2) is 0 Å². The lowest BCUT2D eigenvalue weighted by molar-refractivity contribution is -0.122. The van der Waals surface area contributed by atoms with E-state index in [1.54, 1.807) is 0 Å². The normalized spacial score (nSPS) is 23.0. The standard InChI is InChI=1S/C7H15N3O/c1-6(7(8)11)10-4-2-9-3-5-10/h6,9H,2-5H2,1H3,(H2,8,11)/t6-/m1/s1. The van der Waals surface area contributed by atoms with E-state index in [9.17, 15) is 4.79 Å². The second-order valence-electron chi connectivity index (χ2n) is 2.86. The van der Waals surface area contributed by atoms with Gasteiger partial charge in [0.05, 0.1) is 6.04 Å². The molecule has 0 aliphatic carbocycles. The van der Waals surface area contributed by atoms with E-state index in [0.717, 1.165) is 26.2 Å². The fourth-order valence-electron chi connectivity index (χ4n) is 1.25. The van der Waals surface area contributed by atoms with Gasteiger partial charge in [-0.2, -0.15) is 0 Å². The first-order chi connectivity index (χ1) is 5.22. The van der Waals surface area contributed by atoms with E-state index in [0.29, 0.717) is 0 Å². The highest BCUT2D eigenvalue weighted by atomic mass is 16.1. The summed E-state index contributed by atoms with van der Waals surface area (Å²) in [7, 11) is 0. The minimum Gasteiger partial charge on any atom is -0.368 e. The van der Waals surface area contributed by atoms with Crippen LogP contribution < -0.4 is 11.1 Å². The number of rotatable bonds is 2. The number of carbonyl (C=O) groups is 1. The highest BCUT2D eigenvalue weighted by Crippen LogP contribution is 1.99. The van der Waals surface area contributed by atoms with E-state index in [1.807, 2.05) is 6.92 Å². The Balaban J connectivity index is 2.38. The lowest BCUT2D eigenvalue weighted by Crippen LogP contribution is -2.51. The number of carbonyl (C=O) groups excluding carboxylic acids is 1. The minimum absolute atomic E-state index is 0.114. The van der Waals surface area contributed by atoms with Crippen LogP contribution in [-0.4, -0.2) is 43.0 Å². The highest BCUT2D eigenvalue weighted by Gasteiger charge is 2.19. The van der Waals surface area contributed by atoms with Gasteiger partial charge < -0.3 is 11.1 Å². The molecule has 1 aliphatic heterocycles. The van der Waals surface area contributed by atoms with Gasteiger partial charge in [0.15, 0.2) is 0 Å². The lowest BCUT2D eigenvalue weighted by atomic mass is 10.2. The number of piperazine rings is 1. The first-order valence-electron chi connectivity index (χ1n) is 3.96. The summed E-state index contributed by atoms with van der Waals surface area (Å²) in [5.41, 5.74) is 5.17. The number of nitrogens with zero attached hydrogens (tertiary/aromatic N) is 1. The predicted molar refractivity (Wildman–Crippen MR) is 43.1 cm³/mol. The van der Waals surface area contributed by atoms with Crippen LogP contribution in [0.4, 0.5) is 0 Å². The molecule has 4 nitrogen and oxygen atoms in total. The first-order valence-corrected chi connectivity index (χ1v) is 3.96. The Bertz CT molecular complexity index is 143. The van der Waals surface area contributed by atoms with Crippen molar-refractivity contribution >= 4 is 5.91 Å². The fourth-order valence-corrected chi connectivity index (χ4v) is 1.25. The molecule has 1 fully saturated rings. The van der Waals surface area contributed by atoms with Crippen molar-refractivity contribution < 1.29 is 4.79 Å². The molecule has 0 aromatic heterocycles. The van der Waals surface area contributed by atoms with Crippen molar-refractivity contribution in [1.82, 2.24) is 10.2 Å². The maximum atomic E-state index is 10.8. The van der Waals surface area contributed by atoms with E-state index < -0.39 is 0 Å². The zero-order valence-electron chi connectivity index (χ0n) is 6.84. The summed E-state index contributed by atoms with van der Waals surface area (Å²) in [6, 6.07) is -0.114. The van der Waals surface area contributed by atoms with Gasteiger partial charge in [-0.25, -0.2) is 0 Å². The summed E-state index contributed by atoms with van der Waals surface area (Å²) in [5, 5.41) is 3.21. The summed E-state index contributed by atoms with van der Waals surface area (Å²) >= 11 is 0. The van der Waals surface area contributed by atoms with Crippen molar-refractivity contribution in [3.8, 4) is 0 Å². The Hall–Kier alpha value is -0.610. The number of hydrogen-bond donors (Lipinski definition) is 2. The number of hydrogen-bond acceptors (Lipinski definition) is 3. The number of nitrogens with one attached hydrogen (secondary N) is 1. The second-order valence-corrected chi connectivity index (χ2v) is 2.86. The summed E-state index contributed by atoms with van der Waals surface area (Å²) in [6.45, 7) is 5.61. The largest absolute Gasteiger partial charge is 0.368 e. The van der Waals surface area contributed by atoms with Crippen LogP contribution in [0.1, 0.15) is 6.92 Å². The van der Waals surface area contributed by atoms with Gasteiger partial charge in [0.2, 0.25) is 5.91 Å². The van der Waals surface area contributed by atoms with Gasteiger partial charge in [-0.1, -0.05) is 0 Å². The molecule has 1 saturated heterocycles. The number of nitrogens with two attached hydrogens (primary N) is 1. The average Bonchev–Trinajstić information content (AvgIpc) is 2.05. The smallest absolute Gasteiger partial charge is 0.234 e. The molecule has 1 aliphatic rings. The third-order valence-corrected chi connectivity index (χ3v) is 2.11. The molecule has 1 rings (SSSR count). The maximum Gasteiger partial charge on any atom is 0.234 e. The molecule has 1 atom stereocenters. The van der Waals surface area contributed by atoms with Gasteiger partial charge in [0.25, 0.3) is 0 Å². The van der Waals surface area contributed by atoms with Crippen LogP contribution in [0, 0.1) is 0 Å². The molecule has 3 N–H and O–H groups in total. The molecule has 0 unspecified atom stereocenters. The topological polar surface area (TPSA) is 58.4 Å². The van der Waals surface area contributed by atoms with Crippen molar-refractivity contribution in [3.05, 3.63) is 0 Å². The number of primary amides is 1. The van der Waals surface area contributed by atoms with E-state index >= 15 is 0 Å². The Kier molecular flexibility index (Phi) is 2.84. The Morgan fingerprint density at radius 1 is 1.55 bits per heavy atom. The molecular weight excluding hydrogens is 142 g/mol. The van der Waals surface area contributed by atoms with E-state index in [4.69, 9.17) is 5.73 Å². The molecule has 11 heavy (non-hydrogen) atoms. The van der Waals surface area contributed by atoms with Crippen molar-refractivity contribution in [2.75, 3.05) is 26.2 Å². The van der Waals surface area contributed by atoms with Gasteiger partial charge in [0, 0.05) is 26.2 Å². The van der Waals surface area contributed by atoms with Crippen LogP contribution in [0.25, 0.3) is 0 Å². The van der Waals surface area contributed by atoms with Gasteiger partial charge in [-0.05, 0) is 6.92 Å². The van der Waals surface area contributed by atoms with Crippen LogP contribution in [-0.2, 0) is 4.79 Å². The SMILES string of the molecule is C[C@H](C(N)=O)N1CCNCC1. The first kappa shape index (κ1) is 8.49. The van der Waals surface area contributed by atoms with Crippen molar-refractivity contribution in [2.24, 2.45) is 5.73 Å². The van der Waals surface area contributed by atoms with E-state index in [-0.39, 0.29) is 11.9 Å². The summed E-state index contributed by atoms with van der Waals surface area (Å²) in [4.78, 5) is 12.9. The molecule has 4 heteroatoms. The Morgan fingerprint density at radius 3 is 2.55 bits per heavy atom. The third kappa shape index (κ3) is 2.17. The average molecular weight is 157 g/mol. The lowest BCUT2D eigenvalue weighted by Gasteiger charge is -2.30. The molecule has 0 aromatic rings. The molecule has 1 heterocycles. The summed E-state index contributed by atoms with van der Waals surface area (Å²) in [6.07, 6.45) is 0. The molecule has 0 saturated carbocycles. The maximum absolute atomic E-state index is 10.8. The zero-order valence-corrected chi connectivity index (χ0v) is 6.84. The monoisotopic (exact) mass is 157 g/mol. The fraction of sp³-hybridized carbons (Fsp3) is 0.857. The molecule has 64 valence electrons.